The molecule has 0 saturated carbocycles. The van der Waals surface area contributed by atoms with Crippen LogP contribution in [0.3, 0.4) is 0 Å². The van der Waals surface area contributed by atoms with Crippen LogP contribution in [0.4, 0.5) is 0 Å². The number of H-pyrrole nitrogens is 1. The third-order valence-electron chi connectivity index (χ3n) is 7.78. The Labute approximate surface area is 272 Å². The minimum atomic E-state index is -1.82. The van der Waals surface area contributed by atoms with Crippen molar-refractivity contribution < 1.29 is 29.0 Å². The van der Waals surface area contributed by atoms with Crippen molar-refractivity contribution in [1.82, 2.24) is 30.8 Å². The van der Waals surface area contributed by atoms with E-state index in [2.05, 4.69) is 25.9 Å². The Hall–Kier alpha value is -4.50. The van der Waals surface area contributed by atoms with Crippen LogP contribution in [-0.2, 0) is 23.9 Å². The zero-order valence-electron chi connectivity index (χ0n) is 24.8. The lowest BCUT2D eigenvalue weighted by molar-refractivity contribution is -0.194. The molecule has 3 N–H and O–H groups in total. The van der Waals surface area contributed by atoms with Crippen LogP contribution in [0.5, 0.6) is 0 Å². The summed E-state index contributed by atoms with van der Waals surface area (Å²) in [6.07, 6.45) is -2.30. The Morgan fingerprint density at radius 3 is 2.15 bits per heavy atom. The summed E-state index contributed by atoms with van der Waals surface area (Å²) in [4.78, 5) is 42.9. The van der Waals surface area contributed by atoms with Crippen molar-refractivity contribution in [3.05, 3.63) is 119 Å². The van der Waals surface area contributed by atoms with Gasteiger partial charge >= 0.3 is 5.97 Å². The molecule has 2 aliphatic rings. The Kier molecular flexibility index (Phi) is 9.22. The number of thioether (sulfide) groups is 2. The maximum atomic E-state index is 14.3. The molecule has 0 spiro atoms. The largest absolute Gasteiger partial charge is 0.448 e. The third-order valence-corrected chi connectivity index (χ3v) is 10.1. The van der Waals surface area contributed by atoms with Crippen molar-refractivity contribution >= 4 is 41.3 Å². The molecule has 4 aromatic rings. The van der Waals surface area contributed by atoms with Crippen molar-refractivity contribution in [2.45, 2.75) is 40.6 Å². The molecular weight excluding hydrogens is 629 g/mol. The molecule has 3 aromatic carbocycles. The SMILES string of the molecule is COC1(NC(=O)C(O)c2ccccc2)C(=O)N2C(C(=O)OC(c3ccccc3)c3ccccc3)=C(C(C)Sc3nn[nH]n3)CS[C@@H]21. The standard InChI is InChI=1S/C32H30N6O6S2/c1-19(46-31-34-36-37-35-31)23-18-45-30-32(43-2,33-27(40)25(39)20-12-6-3-7-13-20)29(42)38(30)24(23)28(41)44-26(21-14-8-4-9-15-21)22-16-10-5-11-17-22/h3-17,19,25-26,30,39H,18H2,1-2H3,(H,33,40)(H,34,35,36,37)/t19?,25?,30-,32?/m1/s1. The molecule has 0 aliphatic carbocycles. The fourth-order valence-electron chi connectivity index (χ4n) is 5.42. The van der Waals surface area contributed by atoms with Gasteiger partial charge in [-0.2, -0.15) is 5.21 Å². The van der Waals surface area contributed by atoms with Crippen molar-refractivity contribution in [1.29, 1.82) is 0 Å². The summed E-state index contributed by atoms with van der Waals surface area (Å²) in [7, 11) is 1.30. The van der Waals surface area contributed by atoms with E-state index >= 15 is 0 Å². The predicted octanol–water partition coefficient (Wildman–Crippen LogP) is 3.37. The van der Waals surface area contributed by atoms with E-state index in [-0.39, 0.29) is 10.9 Å². The summed E-state index contributed by atoms with van der Waals surface area (Å²) in [5.74, 6) is -1.89. The van der Waals surface area contributed by atoms with Gasteiger partial charge in [-0.1, -0.05) is 103 Å². The van der Waals surface area contributed by atoms with Crippen LogP contribution < -0.4 is 5.32 Å². The first-order valence-corrected chi connectivity index (χ1v) is 16.3. The van der Waals surface area contributed by atoms with Gasteiger partial charge in [0.1, 0.15) is 11.1 Å². The molecule has 6 rings (SSSR count). The molecule has 3 heterocycles. The zero-order valence-corrected chi connectivity index (χ0v) is 26.4. The van der Waals surface area contributed by atoms with Gasteiger partial charge in [-0.3, -0.25) is 14.5 Å². The number of methoxy groups -OCH3 is 1. The van der Waals surface area contributed by atoms with Gasteiger partial charge in [0.2, 0.25) is 5.16 Å². The summed E-state index contributed by atoms with van der Waals surface area (Å²) in [6.45, 7) is 1.88. The van der Waals surface area contributed by atoms with Crippen molar-refractivity contribution in [3.8, 4) is 0 Å². The average molecular weight is 659 g/mol. The number of carbonyl (C=O) groups is 3. The number of amides is 2. The second-order valence-electron chi connectivity index (χ2n) is 10.5. The first kappa shape index (κ1) is 31.5. The number of nitrogens with zero attached hydrogens (tertiary/aromatic N) is 4. The highest BCUT2D eigenvalue weighted by atomic mass is 32.2. The van der Waals surface area contributed by atoms with E-state index in [4.69, 9.17) is 9.47 Å². The van der Waals surface area contributed by atoms with Gasteiger partial charge in [0.05, 0.1) is 0 Å². The Morgan fingerprint density at radius 1 is 1.02 bits per heavy atom. The highest BCUT2D eigenvalue weighted by molar-refractivity contribution is 8.01. The van der Waals surface area contributed by atoms with Crippen molar-refractivity contribution in [3.63, 3.8) is 0 Å². The van der Waals surface area contributed by atoms with Crippen molar-refractivity contribution in [2.24, 2.45) is 0 Å². The molecule has 3 unspecified atom stereocenters. The number of carbonyl (C=O) groups excluding carboxylic acids is 3. The number of β-lactam (4-membered cyclic amide) rings is 1. The summed E-state index contributed by atoms with van der Waals surface area (Å²) in [5.41, 5.74) is 0.718. The van der Waals surface area contributed by atoms with Gasteiger partial charge in [-0.05, 0) is 34.4 Å². The number of ether oxygens (including phenoxy) is 2. The van der Waals surface area contributed by atoms with E-state index in [9.17, 15) is 19.5 Å². The Bertz CT molecular complexity index is 1690. The summed E-state index contributed by atoms with van der Waals surface area (Å²) in [6, 6.07) is 27.0. The van der Waals surface area contributed by atoms with Gasteiger partial charge < -0.3 is 19.9 Å². The predicted molar refractivity (Wildman–Crippen MR) is 170 cm³/mol. The lowest BCUT2D eigenvalue weighted by atomic mass is 9.96. The van der Waals surface area contributed by atoms with Crippen LogP contribution in [0.2, 0.25) is 0 Å². The normalized spacial score (nSPS) is 20.5. The number of aromatic nitrogens is 4. The third kappa shape index (κ3) is 5.91. The topological polar surface area (TPSA) is 160 Å². The molecule has 2 amide bonds. The van der Waals surface area contributed by atoms with Gasteiger partial charge in [0.15, 0.2) is 12.2 Å². The molecular formula is C32H30N6O6S2. The maximum absolute atomic E-state index is 14.3. The van der Waals surface area contributed by atoms with Gasteiger partial charge in [0.25, 0.3) is 17.5 Å². The van der Waals surface area contributed by atoms with E-state index < -0.39 is 41.1 Å². The van der Waals surface area contributed by atoms with Gasteiger partial charge in [-0.15, -0.1) is 22.0 Å². The van der Waals surface area contributed by atoms with E-state index in [0.29, 0.717) is 22.0 Å². The highest BCUT2D eigenvalue weighted by Gasteiger charge is 2.67. The van der Waals surface area contributed by atoms with E-state index in [0.717, 1.165) is 11.1 Å². The van der Waals surface area contributed by atoms with Crippen LogP contribution in [0.1, 0.15) is 35.8 Å². The Balaban J connectivity index is 1.34. The smallest absolute Gasteiger partial charge is 0.356 e. The second-order valence-corrected chi connectivity index (χ2v) is 12.9. The molecule has 46 heavy (non-hydrogen) atoms. The molecule has 0 radical (unpaired) electrons. The molecule has 236 valence electrons. The fourth-order valence-corrected chi connectivity index (χ4v) is 7.93. The molecule has 0 bridgehead atoms. The quantitative estimate of drug-likeness (QED) is 0.0939. The number of tetrazole rings is 1. The lowest BCUT2D eigenvalue weighted by Crippen LogP contribution is -2.81. The van der Waals surface area contributed by atoms with Crippen LogP contribution >= 0.6 is 23.5 Å². The summed E-state index contributed by atoms with van der Waals surface area (Å²) in [5, 5.41) is 26.6. The first-order chi connectivity index (χ1) is 22.3. The number of hydrogen-bond donors (Lipinski definition) is 3. The lowest BCUT2D eigenvalue weighted by Gasteiger charge is -2.56. The van der Waals surface area contributed by atoms with Crippen LogP contribution in [-0.4, -0.2) is 77.6 Å². The maximum Gasteiger partial charge on any atom is 0.356 e. The summed E-state index contributed by atoms with van der Waals surface area (Å²) >= 11 is 2.59. The Morgan fingerprint density at radius 2 is 1.61 bits per heavy atom. The minimum absolute atomic E-state index is 0.0552. The number of aliphatic hydroxyl groups is 1. The number of nitrogens with one attached hydrogen (secondary N) is 2. The van der Waals surface area contributed by atoms with E-state index in [1.165, 1.54) is 35.5 Å². The number of hydrogen-bond acceptors (Lipinski definition) is 11. The monoisotopic (exact) mass is 658 g/mol. The molecule has 12 nitrogen and oxygen atoms in total. The molecule has 1 aromatic heterocycles. The number of fused-ring (bicyclic) bond motifs is 1. The molecule has 4 atom stereocenters. The zero-order chi connectivity index (χ0) is 32.3. The van der Waals surface area contributed by atoms with Gasteiger partial charge in [0, 0.05) is 18.1 Å². The molecule has 14 heteroatoms. The highest BCUT2D eigenvalue weighted by Crippen LogP contribution is 2.49. The molecule has 1 saturated heterocycles. The fraction of sp³-hybridized carbons (Fsp3) is 0.250. The number of aliphatic hydroxyl groups excluding tert-OH is 1. The average Bonchev–Trinajstić information content (AvgIpc) is 3.62. The van der Waals surface area contributed by atoms with Crippen LogP contribution in [0, 0.1) is 0 Å². The first-order valence-electron chi connectivity index (χ1n) is 14.3. The minimum Gasteiger partial charge on any atom is -0.448 e. The second kappa shape index (κ2) is 13.5. The van der Waals surface area contributed by atoms with Gasteiger partial charge in [-0.25, -0.2) is 4.79 Å². The van der Waals surface area contributed by atoms with Crippen molar-refractivity contribution in [2.75, 3.05) is 12.9 Å². The summed E-state index contributed by atoms with van der Waals surface area (Å²) < 4.78 is 11.9. The molecule has 2 aliphatic heterocycles. The number of esters is 1. The van der Waals surface area contributed by atoms with E-state index in [1.54, 1.807) is 30.3 Å². The number of benzene rings is 3. The van der Waals surface area contributed by atoms with Crippen LogP contribution in [0.15, 0.2) is 107 Å². The van der Waals surface area contributed by atoms with Crippen LogP contribution in [0.25, 0.3) is 0 Å². The van der Waals surface area contributed by atoms with E-state index in [1.807, 2.05) is 67.6 Å². The molecule has 1 fully saturated rings. The number of aromatic amines is 1. The number of rotatable bonds is 11.